The molecule has 0 saturated carbocycles. The second kappa shape index (κ2) is 4.86. The highest BCUT2D eigenvalue weighted by Crippen LogP contribution is 2.22. The van der Waals surface area contributed by atoms with Crippen LogP contribution in [-0.2, 0) is 0 Å². The van der Waals surface area contributed by atoms with Crippen LogP contribution in [0.4, 0.5) is 0 Å². The van der Waals surface area contributed by atoms with Gasteiger partial charge < -0.3 is 10.6 Å². The van der Waals surface area contributed by atoms with Gasteiger partial charge in [0.1, 0.15) is 0 Å². The summed E-state index contributed by atoms with van der Waals surface area (Å²) in [5.41, 5.74) is 6.21. The summed E-state index contributed by atoms with van der Waals surface area (Å²) >= 11 is 0. The monoisotopic (exact) mass is 211 g/mol. The molecule has 0 fully saturated rings. The summed E-state index contributed by atoms with van der Waals surface area (Å²) in [6, 6.07) is 0.546. The summed E-state index contributed by atoms with van der Waals surface area (Å²) in [4.78, 5) is 6.64. The van der Waals surface area contributed by atoms with Gasteiger partial charge in [-0.25, -0.2) is 0 Å². The van der Waals surface area contributed by atoms with E-state index in [4.69, 9.17) is 5.73 Å². The maximum atomic E-state index is 5.92. The van der Waals surface area contributed by atoms with Crippen molar-refractivity contribution in [2.45, 2.75) is 53.0 Å². The molecule has 0 saturated heterocycles. The molecule has 1 unspecified atom stereocenters. The van der Waals surface area contributed by atoms with Crippen molar-refractivity contribution in [3.05, 3.63) is 0 Å². The van der Waals surface area contributed by atoms with Crippen LogP contribution in [0.3, 0.4) is 0 Å². The highest BCUT2D eigenvalue weighted by Gasteiger charge is 2.28. The van der Waals surface area contributed by atoms with Crippen LogP contribution in [0, 0.1) is 5.41 Å². The summed E-state index contributed by atoms with van der Waals surface area (Å²) in [5.74, 6) is 0.742. The number of aliphatic imine (C=N–C) groups is 1. The molecule has 15 heavy (non-hydrogen) atoms. The van der Waals surface area contributed by atoms with Crippen LogP contribution in [0.15, 0.2) is 4.99 Å². The number of guanidine groups is 1. The molecule has 3 nitrogen and oxygen atoms in total. The molecule has 1 atom stereocenters. The predicted octanol–water partition coefficient (Wildman–Crippen LogP) is 2.22. The molecular formula is C12H25N3. The first kappa shape index (κ1) is 12.3. The summed E-state index contributed by atoms with van der Waals surface area (Å²) in [5, 5.41) is 0. The second-order valence-corrected chi connectivity index (χ2v) is 5.68. The molecule has 1 aliphatic heterocycles. The highest BCUT2D eigenvalue weighted by atomic mass is 15.3. The van der Waals surface area contributed by atoms with Crippen molar-refractivity contribution in [3.8, 4) is 0 Å². The van der Waals surface area contributed by atoms with Gasteiger partial charge in [0.15, 0.2) is 5.96 Å². The number of nitrogens with zero attached hydrogens (tertiary/aromatic N) is 2. The van der Waals surface area contributed by atoms with Gasteiger partial charge in [0.05, 0.1) is 12.6 Å². The number of hydrogen-bond acceptors (Lipinski definition) is 3. The summed E-state index contributed by atoms with van der Waals surface area (Å²) < 4.78 is 0. The maximum Gasteiger partial charge on any atom is 0.191 e. The van der Waals surface area contributed by atoms with Gasteiger partial charge in [-0.3, -0.25) is 4.99 Å². The molecule has 2 N–H and O–H groups in total. The Hall–Kier alpha value is -0.730. The van der Waals surface area contributed by atoms with Gasteiger partial charge in [-0.05, 0) is 11.8 Å². The van der Waals surface area contributed by atoms with Crippen molar-refractivity contribution in [1.82, 2.24) is 4.90 Å². The standard InChI is InChI=1S/C12H25N3/c1-5-6-7-10-8-14-11(13)15(10)9-12(2,3)4/h10H,5-9H2,1-4H3,(H2,13,14). The minimum Gasteiger partial charge on any atom is -0.370 e. The van der Waals surface area contributed by atoms with Crippen LogP contribution in [-0.4, -0.2) is 30.0 Å². The molecular weight excluding hydrogens is 186 g/mol. The number of nitrogens with two attached hydrogens (primary N) is 1. The van der Waals surface area contributed by atoms with Crippen LogP contribution in [0.25, 0.3) is 0 Å². The fourth-order valence-electron chi connectivity index (χ4n) is 1.98. The van der Waals surface area contributed by atoms with E-state index in [1.54, 1.807) is 0 Å². The number of unbranched alkanes of at least 4 members (excludes halogenated alkanes) is 1. The lowest BCUT2D eigenvalue weighted by atomic mass is 9.95. The number of hydrogen-bond donors (Lipinski definition) is 1. The molecule has 0 radical (unpaired) electrons. The van der Waals surface area contributed by atoms with E-state index in [1.165, 1.54) is 19.3 Å². The normalized spacial score (nSPS) is 22.0. The van der Waals surface area contributed by atoms with Crippen molar-refractivity contribution in [3.63, 3.8) is 0 Å². The molecule has 1 aliphatic rings. The summed E-state index contributed by atoms with van der Waals surface area (Å²) in [6.07, 6.45) is 3.74. The van der Waals surface area contributed by atoms with E-state index >= 15 is 0 Å². The SMILES string of the molecule is CCCCC1CN=C(N)N1CC(C)(C)C. The maximum absolute atomic E-state index is 5.92. The minimum atomic E-state index is 0.287. The zero-order valence-electron chi connectivity index (χ0n) is 10.6. The predicted molar refractivity (Wildman–Crippen MR) is 66.0 cm³/mol. The lowest BCUT2D eigenvalue weighted by Crippen LogP contribution is -2.45. The minimum absolute atomic E-state index is 0.287. The van der Waals surface area contributed by atoms with Crippen LogP contribution < -0.4 is 5.73 Å². The van der Waals surface area contributed by atoms with E-state index in [2.05, 4.69) is 37.6 Å². The third-order valence-corrected chi connectivity index (χ3v) is 2.73. The van der Waals surface area contributed by atoms with Gasteiger partial charge in [-0.1, -0.05) is 40.5 Å². The smallest absolute Gasteiger partial charge is 0.191 e. The first-order valence-corrected chi connectivity index (χ1v) is 6.00. The van der Waals surface area contributed by atoms with Crippen LogP contribution >= 0.6 is 0 Å². The summed E-state index contributed by atoms with van der Waals surface area (Å²) in [7, 11) is 0. The average molecular weight is 211 g/mol. The van der Waals surface area contributed by atoms with Gasteiger partial charge in [0.25, 0.3) is 0 Å². The molecule has 0 aromatic heterocycles. The van der Waals surface area contributed by atoms with Gasteiger partial charge in [0.2, 0.25) is 0 Å². The highest BCUT2D eigenvalue weighted by molar-refractivity contribution is 5.80. The Kier molecular flexibility index (Phi) is 4.00. The Labute approximate surface area is 93.7 Å². The first-order valence-electron chi connectivity index (χ1n) is 6.00. The third-order valence-electron chi connectivity index (χ3n) is 2.73. The zero-order chi connectivity index (χ0) is 11.5. The lowest BCUT2D eigenvalue weighted by molar-refractivity contribution is 0.228. The van der Waals surface area contributed by atoms with Crippen molar-refractivity contribution in [2.75, 3.05) is 13.1 Å². The van der Waals surface area contributed by atoms with Gasteiger partial charge >= 0.3 is 0 Å². The molecule has 88 valence electrons. The number of rotatable bonds is 4. The van der Waals surface area contributed by atoms with Crippen molar-refractivity contribution in [2.24, 2.45) is 16.1 Å². The molecule has 0 aliphatic carbocycles. The van der Waals surface area contributed by atoms with Gasteiger partial charge in [-0.2, -0.15) is 0 Å². The van der Waals surface area contributed by atoms with E-state index in [0.29, 0.717) is 6.04 Å². The van der Waals surface area contributed by atoms with Crippen LogP contribution in [0.1, 0.15) is 47.0 Å². The first-order chi connectivity index (χ1) is 6.94. The Morgan fingerprint density at radius 3 is 2.67 bits per heavy atom. The van der Waals surface area contributed by atoms with E-state index in [1.807, 2.05) is 0 Å². The summed E-state index contributed by atoms with van der Waals surface area (Å²) in [6.45, 7) is 10.9. The van der Waals surface area contributed by atoms with E-state index in [-0.39, 0.29) is 5.41 Å². The lowest BCUT2D eigenvalue weighted by Gasteiger charge is -2.32. The Morgan fingerprint density at radius 2 is 2.13 bits per heavy atom. The van der Waals surface area contributed by atoms with E-state index < -0.39 is 0 Å². The Bertz CT molecular complexity index is 228. The third kappa shape index (κ3) is 3.73. The Morgan fingerprint density at radius 1 is 1.47 bits per heavy atom. The van der Waals surface area contributed by atoms with Crippen molar-refractivity contribution in [1.29, 1.82) is 0 Å². The largest absolute Gasteiger partial charge is 0.370 e. The van der Waals surface area contributed by atoms with Gasteiger partial charge in [-0.15, -0.1) is 0 Å². The van der Waals surface area contributed by atoms with Crippen LogP contribution in [0.5, 0.6) is 0 Å². The Balaban J connectivity index is 2.53. The average Bonchev–Trinajstić information content (AvgIpc) is 2.43. The van der Waals surface area contributed by atoms with Gasteiger partial charge in [0, 0.05) is 6.54 Å². The molecule has 0 spiro atoms. The zero-order valence-corrected chi connectivity index (χ0v) is 10.6. The van der Waals surface area contributed by atoms with E-state index in [0.717, 1.165) is 19.0 Å². The molecule has 1 rings (SSSR count). The van der Waals surface area contributed by atoms with Crippen molar-refractivity contribution >= 4 is 5.96 Å². The topological polar surface area (TPSA) is 41.6 Å². The molecule has 3 heteroatoms. The quantitative estimate of drug-likeness (QED) is 0.774. The fourth-order valence-corrected chi connectivity index (χ4v) is 1.98. The molecule has 0 bridgehead atoms. The second-order valence-electron chi connectivity index (χ2n) is 5.68. The molecule has 1 heterocycles. The molecule has 0 aromatic rings. The van der Waals surface area contributed by atoms with Crippen molar-refractivity contribution < 1.29 is 0 Å². The van der Waals surface area contributed by atoms with E-state index in [9.17, 15) is 0 Å². The molecule has 0 aromatic carbocycles. The fraction of sp³-hybridized carbons (Fsp3) is 0.917. The molecule has 0 amide bonds. The van der Waals surface area contributed by atoms with Crippen LogP contribution in [0.2, 0.25) is 0 Å².